The molecule has 1 aliphatic carbocycles. The summed E-state index contributed by atoms with van der Waals surface area (Å²) < 4.78 is 63.2. The second-order valence-corrected chi connectivity index (χ2v) is 13.2. The maximum atomic E-state index is 13.1. The molecule has 2 aliphatic rings. The second kappa shape index (κ2) is 11.3. The van der Waals surface area contributed by atoms with Crippen LogP contribution >= 0.6 is 0 Å². The van der Waals surface area contributed by atoms with Crippen LogP contribution in [0.2, 0.25) is 0 Å². The minimum absolute atomic E-state index is 0.0203. The number of benzene rings is 1. The predicted molar refractivity (Wildman–Crippen MR) is 140 cm³/mol. The summed E-state index contributed by atoms with van der Waals surface area (Å²) in [5, 5.41) is 2.89. The molecule has 1 saturated carbocycles. The zero-order chi connectivity index (χ0) is 27.7. The van der Waals surface area contributed by atoms with Crippen LogP contribution in [0.15, 0.2) is 41.4 Å². The first kappa shape index (κ1) is 28.5. The Balaban J connectivity index is 1.38. The van der Waals surface area contributed by atoms with E-state index in [0.29, 0.717) is 30.6 Å². The van der Waals surface area contributed by atoms with E-state index in [9.17, 15) is 26.4 Å². The Morgan fingerprint density at radius 3 is 2.37 bits per heavy atom. The van der Waals surface area contributed by atoms with Crippen LogP contribution in [0.4, 0.5) is 18.9 Å². The molecule has 1 aromatic carbocycles. The monoisotopic (exact) mass is 551 g/mol. The number of alkyl halides is 3. The molecule has 1 amide bonds. The molecule has 1 unspecified atom stereocenters. The molecule has 0 bridgehead atoms. The summed E-state index contributed by atoms with van der Waals surface area (Å²) in [6.07, 6.45) is -0.769. The van der Waals surface area contributed by atoms with Gasteiger partial charge in [0.1, 0.15) is 0 Å². The highest BCUT2D eigenvalue weighted by atomic mass is 32.2. The molecule has 2 aromatic rings. The average Bonchev–Trinajstić information content (AvgIpc) is 3.21. The lowest BCUT2D eigenvalue weighted by atomic mass is 9.81. The number of aromatic nitrogens is 1. The summed E-state index contributed by atoms with van der Waals surface area (Å²) >= 11 is 0. The largest absolute Gasteiger partial charge is 0.391 e. The Morgan fingerprint density at radius 2 is 1.79 bits per heavy atom. The van der Waals surface area contributed by atoms with Crippen molar-refractivity contribution >= 4 is 21.4 Å². The van der Waals surface area contributed by atoms with Crippen molar-refractivity contribution in [3.05, 3.63) is 53.3 Å². The van der Waals surface area contributed by atoms with Gasteiger partial charge in [-0.15, -0.1) is 0 Å². The first-order valence-corrected chi connectivity index (χ1v) is 14.9. The quantitative estimate of drug-likeness (QED) is 0.440. The third-order valence-corrected chi connectivity index (χ3v) is 9.54. The molecule has 10 heteroatoms. The summed E-state index contributed by atoms with van der Waals surface area (Å²) in [6.45, 7) is 7.24. The molecule has 0 saturated heterocycles. The SMILES string of the molecule is CCS(=O)(=O)c1ccc(CC(=O)Nc2cnc3c(c2)CN(CC2CCC(C(F)(F)F)CC2)C3C(C)C)cc1. The lowest BCUT2D eigenvalue weighted by Gasteiger charge is -2.35. The molecule has 1 atom stereocenters. The van der Waals surface area contributed by atoms with Gasteiger partial charge in [0, 0.05) is 13.1 Å². The lowest BCUT2D eigenvalue weighted by molar-refractivity contribution is -0.184. The van der Waals surface area contributed by atoms with Gasteiger partial charge in [0.15, 0.2) is 9.84 Å². The normalized spacial score (nSPS) is 22.4. The first-order chi connectivity index (χ1) is 17.9. The van der Waals surface area contributed by atoms with Crippen molar-refractivity contribution in [2.45, 2.75) is 76.5 Å². The molecule has 0 spiro atoms. The highest BCUT2D eigenvalue weighted by Crippen LogP contribution is 2.43. The number of hydrogen-bond acceptors (Lipinski definition) is 5. The first-order valence-electron chi connectivity index (χ1n) is 13.3. The number of amides is 1. The Kier molecular flexibility index (Phi) is 8.52. The maximum absolute atomic E-state index is 13.1. The van der Waals surface area contributed by atoms with Crippen LogP contribution in [-0.4, -0.2) is 42.7 Å². The molecular formula is C28H36F3N3O3S. The van der Waals surface area contributed by atoms with Gasteiger partial charge in [-0.05, 0) is 66.8 Å². The second-order valence-electron chi connectivity index (χ2n) is 10.9. The fourth-order valence-electron chi connectivity index (χ4n) is 5.76. The van der Waals surface area contributed by atoms with Crippen molar-refractivity contribution in [1.29, 1.82) is 0 Å². The van der Waals surface area contributed by atoms with Crippen LogP contribution in [0.1, 0.15) is 69.3 Å². The topological polar surface area (TPSA) is 79.4 Å². The fourth-order valence-corrected chi connectivity index (χ4v) is 6.65. The smallest absolute Gasteiger partial charge is 0.324 e. The molecule has 0 radical (unpaired) electrons. The van der Waals surface area contributed by atoms with Crippen LogP contribution in [0.25, 0.3) is 0 Å². The van der Waals surface area contributed by atoms with E-state index in [2.05, 4.69) is 29.0 Å². The van der Waals surface area contributed by atoms with Crippen molar-refractivity contribution < 1.29 is 26.4 Å². The van der Waals surface area contributed by atoms with Gasteiger partial charge in [-0.3, -0.25) is 14.7 Å². The molecule has 208 valence electrons. The Hall–Kier alpha value is -2.46. The number of nitrogens with one attached hydrogen (secondary N) is 1. The van der Waals surface area contributed by atoms with Crippen LogP contribution < -0.4 is 5.32 Å². The number of halogens is 3. The number of hydrogen-bond donors (Lipinski definition) is 1. The molecular weight excluding hydrogens is 515 g/mol. The van der Waals surface area contributed by atoms with E-state index in [0.717, 1.165) is 17.8 Å². The number of anilines is 1. The third kappa shape index (κ3) is 6.57. The highest BCUT2D eigenvalue weighted by molar-refractivity contribution is 7.91. The van der Waals surface area contributed by atoms with E-state index >= 15 is 0 Å². The molecule has 1 aromatic heterocycles. The third-order valence-electron chi connectivity index (χ3n) is 7.79. The van der Waals surface area contributed by atoms with Gasteiger partial charge in [-0.25, -0.2) is 8.42 Å². The zero-order valence-corrected chi connectivity index (χ0v) is 22.9. The number of rotatable bonds is 8. The lowest BCUT2D eigenvalue weighted by Crippen LogP contribution is -2.35. The van der Waals surface area contributed by atoms with E-state index in [-0.39, 0.29) is 53.7 Å². The van der Waals surface area contributed by atoms with Crippen LogP contribution in [-0.2, 0) is 27.6 Å². The summed E-state index contributed by atoms with van der Waals surface area (Å²) in [5.74, 6) is -0.857. The number of nitrogens with zero attached hydrogens (tertiary/aromatic N) is 2. The molecule has 1 aliphatic heterocycles. The van der Waals surface area contributed by atoms with Gasteiger partial charge in [0.05, 0.1) is 46.6 Å². The minimum Gasteiger partial charge on any atom is -0.324 e. The van der Waals surface area contributed by atoms with Gasteiger partial charge >= 0.3 is 6.18 Å². The summed E-state index contributed by atoms with van der Waals surface area (Å²) in [5.41, 5.74) is 3.29. The van der Waals surface area contributed by atoms with Gasteiger partial charge in [0.2, 0.25) is 5.91 Å². The summed E-state index contributed by atoms with van der Waals surface area (Å²) in [4.78, 5) is 19.9. The Bertz CT molecular complexity index is 1240. The van der Waals surface area contributed by atoms with E-state index in [1.54, 1.807) is 25.3 Å². The number of pyridine rings is 1. The van der Waals surface area contributed by atoms with Gasteiger partial charge < -0.3 is 5.32 Å². The maximum Gasteiger partial charge on any atom is 0.391 e. The van der Waals surface area contributed by atoms with Crippen LogP contribution in [0.3, 0.4) is 0 Å². The van der Waals surface area contributed by atoms with E-state index in [1.807, 2.05) is 6.07 Å². The molecule has 4 rings (SSSR count). The van der Waals surface area contributed by atoms with E-state index in [1.165, 1.54) is 12.1 Å². The molecule has 1 N–H and O–H groups in total. The summed E-state index contributed by atoms with van der Waals surface area (Å²) in [7, 11) is -3.29. The standard InChI is InChI=1S/C28H36F3N3O3S/c1-4-38(36,37)24-11-7-19(8-12-24)13-25(35)33-23-14-21-17-34(27(18(2)3)26(21)32-15-23)16-20-5-9-22(10-6-20)28(29,30)31/h7-8,11-12,14-15,18,20,22,27H,4-6,9-10,13,16-17H2,1-3H3,(H,33,35). The molecule has 1 fully saturated rings. The Labute approximate surface area is 222 Å². The minimum atomic E-state index is -4.10. The zero-order valence-electron chi connectivity index (χ0n) is 22.1. The van der Waals surface area contributed by atoms with Gasteiger partial charge in [-0.1, -0.05) is 32.9 Å². The van der Waals surface area contributed by atoms with E-state index < -0.39 is 21.9 Å². The predicted octanol–water partition coefficient (Wildman–Crippen LogP) is 5.94. The molecule has 6 nitrogen and oxygen atoms in total. The van der Waals surface area contributed by atoms with Crippen molar-refractivity contribution in [2.24, 2.45) is 17.8 Å². The van der Waals surface area contributed by atoms with Crippen molar-refractivity contribution in [2.75, 3.05) is 17.6 Å². The van der Waals surface area contributed by atoms with Gasteiger partial charge in [-0.2, -0.15) is 13.2 Å². The fraction of sp³-hybridized carbons (Fsp3) is 0.571. The molecule has 38 heavy (non-hydrogen) atoms. The van der Waals surface area contributed by atoms with Crippen molar-refractivity contribution in [1.82, 2.24) is 9.88 Å². The van der Waals surface area contributed by atoms with Crippen LogP contribution in [0, 0.1) is 17.8 Å². The van der Waals surface area contributed by atoms with Crippen molar-refractivity contribution in [3.8, 4) is 0 Å². The molecule has 2 heterocycles. The number of sulfone groups is 1. The number of carbonyl (C=O) groups excluding carboxylic acids is 1. The number of fused-ring (bicyclic) bond motifs is 1. The number of carbonyl (C=O) groups is 1. The van der Waals surface area contributed by atoms with Crippen LogP contribution in [0.5, 0.6) is 0 Å². The average molecular weight is 552 g/mol. The highest BCUT2D eigenvalue weighted by Gasteiger charge is 2.42. The van der Waals surface area contributed by atoms with Gasteiger partial charge in [0.25, 0.3) is 0 Å². The van der Waals surface area contributed by atoms with E-state index in [4.69, 9.17) is 0 Å². The summed E-state index contributed by atoms with van der Waals surface area (Å²) in [6, 6.07) is 8.37. The van der Waals surface area contributed by atoms with Crippen molar-refractivity contribution in [3.63, 3.8) is 0 Å². The Morgan fingerprint density at radius 1 is 1.13 bits per heavy atom.